The molecule has 0 amide bonds. The van der Waals surface area contributed by atoms with Crippen LogP contribution in [0.3, 0.4) is 0 Å². The van der Waals surface area contributed by atoms with Gasteiger partial charge >= 0.3 is 5.97 Å². The van der Waals surface area contributed by atoms with E-state index in [0.29, 0.717) is 10.1 Å². The molecular weight excluding hydrogens is 285 g/mol. The van der Waals surface area contributed by atoms with Crippen LogP contribution in [0.2, 0.25) is 0 Å². The van der Waals surface area contributed by atoms with E-state index < -0.39 is 5.97 Å². The molecule has 0 aliphatic rings. The molecule has 1 rings (SSSR count). The molecule has 0 spiro atoms. The molecule has 0 aliphatic carbocycles. The van der Waals surface area contributed by atoms with Crippen LogP contribution in [0.15, 0.2) is 6.20 Å². The Kier molecular flexibility index (Phi) is 3.26. The minimum Gasteiger partial charge on any atom is -0.476 e. The number of hydrogen-bond donors (Lipinski definition) is 2. The minimum atomic E-state index is -0.970. The topological polar surface area (TPSA) is 81.1 Å². The predicted molar refractivity (Wildman–Crippen MR) is 55.7 cm³/mol. The number of aromatic nitrogens is 2. The van der Waals surface area contributed by atoms with Crippen molar-refractivity contribution in [2.75, 3.05) is 6.54 Å². The lowest BCUT2D eigenvalue weighted by Crippen LogP contribution is -2.21. The van der Waals surface area contributed by atoms with Crippen LogP contribution in [0.4, 0.5) is 0 Å². The number of nitrogens with zero attached hydrogens (tertiary/aromatic N) is 2. The maximum absolute atomic E-state index is 10.8. The lowest BCUT2D eigenvalue weighted by molar-refractivity contribution is 0.0679. The van der Waals surface area contributed by atoms with Crippen molar-refractivity contribution in [3.63, 3.8) is 0 Å². The molecule has 0 bridgehead atoms. The zero-order chi connectivity index (χ0) is 10.0. The lowest BCUT2D eigenvalue weighted by Gasteiger charge is -2.10. The van der Waals surface area contributed by atoms with Crippen LogP contribution in [0.25, 0.3) is 0 Å². The number of aromatic carboxylic acids is 1. The van der Waals surface area contributed by atoms with E-state index in [4.69, 9.17) is 10.8 Å². The summed E-state index contributed by atoms with van der Waals surface area (Å²) in [5.41, 5.74) is 5.63. The Morgan fingerprint density at radius 1 is 1.92 bits per heavy atom. The van der Waals surface area contributed by atoms with Gasteiger partial charge < -0.3 is 10.8 Å². The number of carboxylic acid groups (broad SMARTS) is 1. The number of nitrogens with two attached hydrogens (primary N) is 1. The molecule has 72 valence electrons. The van der Waals surface area contributed by atoms with Gasteiger partial charge in [-0.1, -0.05) is 0 Å². The van der Waals surface area contributed by atoms with Crippen LogP contribution in [0.5, 0.6) is 0 Å². The number of hydrogen-bond acceptors (Lipinski definition) is 3. The molecule has 1 aromatic rings. The molecule has 0 saturated heterocycles. The fourth-order valence-corrected chi connectivity index (χ4v) is 1.58. The van der Waals surface area contributed by atoms with Gasteiger partial charge in [-0.15, -0.1) is 0 Å². The van der Waals surface area contributed by atoms with E-state index >= 15 is 0 Å². The molecule has 1 heterocycles. The summed E-state index contributed by atoms with van der Waals surface area (Å²) in [6.07, 6.45) is 1.52. The van der Waals surface area contributed by atoms with E-state index in [-0.39, 0.29) is 11.7 Å². The quantitative estimate of drug-likeness (QED) is 0.805. The van der Waals surface area contributed by atoms with E-state index in [1.54, 1.807) is 0 Å². The fourth-order valence-electron chi connectivity index (χ4n) is 0.975. The lowest BCUT2D eigenvalue weighted by atomic mass is 10.3. The zero-order valence-electron chi connectivity index (χ0n) is 7.07. The summed E-state index contributed by atoms with van der Waals surface area (Å²) in [7, 11) is 0. The maximum Gasteiger partial charge on any atom is 0.355 e. The van der Waals surface area contributed by atoms with Crippen molar-refractivity contribution in [1.82, 2.24) is 9.78 Å². The Morgan fingerprint density at radius 2 is 2.54 bits per heavy atom. The standard InChI is InChI=1S/C7H10IN3O2/c1-4(2-9)11-6(7(12)13)5(8)3-10-11/h3-4H,2,9H2,1H3,(H,12,13)/t4-/m1/s1. The summed E-state index contributed by atoms with van der Waals surface area (Å²) < 4.78 is 2.06. The van der Waals surface area contributed by atoms with Crippen LogP contribution in [-0.2, 0) is 0 Å². The first kappa shape index (κ1) is 10.5. The van der Waals surface area contributed by atoms with Crippen LogP contribution in [-0.4, -0.2) is 27.4 Å². The van der Waals surface area contributed by atoms with E-state index in [0.717, 1.165) is 0 Å². The molecule has 13 heavy (non-hydrogen) atoms. The Morgan fingerprint density at radius 3 is 3.00 bits per heavy atom. The first-order valence-electron chi connectivity index (χ1n) is 3.74. The van der Waals surface area contributed by atoms with Gasteiger partial charge in [-0.2, -0.15) is 5.10 Å². The summed E-state index contributed by atoms with van der Waals surface area (Å²) in [4.78, 5) is 10.8. The highest BCUT2D eigenvalue weighted by molar-refractivity contribution is 14.1. The Hall–Kier alpha value is -0.630. The zero-order valence-corrected chi connectivity index (χ0v) is 9.22. The first-order chi connectivity index (χ1) is 6.07. The first-order valence-corrected chi connectivity index (χ1v) is 4.82. The fraction of sp³-hybridized carbons (Fsp3) is 0.429. The van der Waals surface area contributed by atoms with Gasteiger partial charge in [-0.25, -0.2) is 4.79 Å². The molecule has 0 fully saturated rings. The van der Waals surface area contributed by atoms with Gasteiger partial charge in [0.1, 0.15) is 0 Å². The molecule has 0 aromatic carbocycles. The average Bonchev–Trinajstić information content (AvgIpc) is 2.45. The van der Waals surface area contributed by atoms with E-state index in [1.165, 1.54) is 10.9 Å². The van der Waals surface area contributed by atoms with Gasteiger partial charge in [-0.3, -0.25) is 4.68 Å². The second kappa shape index (κ2) is 4.05. The molecule has 1 atom stereocenters. The SMILES string of the molecule is C[C@H](CN)n1ncc(I)c1C(=O)O. The molecule has 0 aliphatic heterocycles. The number of carbonyl (C=O) groups is 1. The van der Waals surface area contributed by atoms with Crippen molar-refractivity contribution in [1.29, 1.82) is 0 Å². The third-order valence-electron chi connectivity index (χ3n) is 1.71. The van der Waals surface area contributed by atoms with E-state index in [9.17, 15) is 4.79 Å². The molecule has 0 radical (unpaired) electrons. The minimum absolute atomic E-state index is 0.0883. The maximum atomic E-state index is 10.8. The monoisotopic (exact) mass is 295 g/mol. The summed E-state index contributed by atoms with van der Waals surface area (Å²) in [6.45, 7) is 2.20. The van der Waals surface area contributed by atoms with Crippen molar-refractivity contribution in [2.45, 2.75) is 13.0 Å². The molecule has 5 nitrogen and oxygen atoms in total. The van der Waals surface area contributed by atoms with Crippen LogP contribution in [0.1, 0.15) is 23.5 Å². The summed E-state index contributed by atoms with van der Waals surface area (Å²) in [5.74, 6) is -0.970. The predicted octanol–water partition coefficient (Wildman–Crippen LogP) is 0.706. The smallest absolute Gasteiger partial charge is 0.355 e. The highest BCUT2D eigenvalue weighted by atomic mass is 127. The second-order valence-corrected chi connectivity index (χ2v) is 3.84. The van der Waals surface area contributed by atoms with Crippen LogP contribution in [0, 0.1) is 3.57 Å². The van der Waals surface area contributed by atoms with Crippen molar-refractivity contribution >= 4 is 28.6 Å². The van der Waals surface area contributed by atoms with Crippen molar-refractivity contribution in [2.24, 2.45) is 5.73 Å². The van der Waals surface area contributed by atoms with Gasteiger partial charge in [-0.05, 0) is 29.5 Å². The number of carboxylic acids is 1. The molecular formula is C7H10IN3O2. The number of halogens is 1. The van der Waals surface area contributed by atoms with Crippen molar-refractivity contribution < 1.29 is 9.90 Å². The Balaban J connectivity index is 3.14. The molecule has 1 aromatic heterocycles. The van der Waals surface area contributed by atoms with Gasteiger partial charge in [0.05, 0.1) is 15.8 Å². The third kappa shape index (κ3) is 1.99. The number of rotatable bonds is 3. The third-order valence-corrected chi connectivity index (χ3v) is 2.50. The van der Waals surface area contributed by atoms with Crippen molar-refractivity contribution in [3.05, 3.63) is 15.5 Å². The summed E-state index contributed by atoms with van der Waals surface area (Å²) >= 11 is 1.94. The highest BCUT2D eigenvalue weighted by Crippen LogP contribution is 2.15. The van der Waals surface area contributed by atoms with Gasteiger partial charge in [0.2, 0.25) is 0 Å². The van der Waals surface area contributed by atoms with Gasteiger partial charge in [0.25, 0.3) is 0 Å². The van der Waals surface area contributed by atoms with Gasteiger partial charge in [0, 0.05) is 6.54 Å². The molecule has 6 heteroatoms. The summed E-state index contributed by atoms with van der Waals surface area (Å²) in [6, 6.07) is -0.0883. The van der Waals surface area contributed by atoms with Crippen LogP contribution < -0.4 is 5.73 Å². The summed E-state index contributed by atoms with van der Waals surface area (Å²) in [5, 5.41) is 12.8. The van der Waals surface area contributed by atoms with Crippen molar-refractivity contribution in [3.8, 4) is 0 Å². The normalized spacial score (nSPS) is 12.8. The molecule has 3 N–H and O–H groups in total. The van der Waals surface area contributed by atoms with Crippen LogP contribution >= 0.6 is 22.6 Å². The highest BCUT2D eigenvalue weighted by Gasteiger charge is 2.18. The largest absolute Gasteiger partial charge is 0.476 e. The average molecular weight is 295 g/mol. The second-order valence-electron chi connectivity index (χ2n) is 2.68. The van der Waals surface area contributed by atoms with Gasteiger partial charge in [0.15, 0.2) is 5.69 Å². The Labute approximate surface area is 89.1 Å². The molecule has 0 saturated carbocycles. The van der Waals surface area contributed by atoms with E-state index in [2.05, 4.69) is 5.10 Å². The Bertz CT molecular complexity index is 324. The van der Waals surface area contributed by atoms with E-state index in [1.807, 2.05) is 29.5 Å². The molecule has 0 unspecified atom stereocenters.